The first-order valence-electron chi connectivity index (χ1n) is 7.67. The summed E-state index contributed by atoms with van der Waals surface area (Å²) in [5, 5.41) is 1.97. The molecule has 0 N–H and O–H groups in total. The van der Waals surface area contributed by atoms with Gasteiger partial charge in [-0.15, -0.1) is 11.3 Å². The van der Waals surface area contributed by atoms with Gasteiger partial charge in [0.15, 0.2) is 6.61 Å². The Bertz CT molecular complexity index is 524. The smallest absolute Gasteiger partial charge is 0.326 e. The molecule has 7 heteroatoms. The highest BCUT2D eigenvalue weighted by Crippen LogP contribution is 2.18. The third-order valence-electron chi connectivity index (χ3n) is 4.03. The number of morpholine rings is 1. The van der Waals surface area contributed by atoms with Crippen LogP contribution in [-0.4, -0.2) is 67.2 Å². The summed E-state index contributed by atoms with van der Waals surface area (Å²) in [5.41, 5.74) is -0.754. The number of carbonyl (C=O) groups excluding carboxylic acids is 2. The van der Waals surface area contributed by atoms with Gasteiger partial charge in [0.25, 0.3) is 5.91 Å². The van der Waals surface area contributed by atoms with Gasteiger partial charge in [-0.1, -0.05) is 6.07 Å². The van der Waals surface area contributed by atoms with E-state index in [0.717, 1.165) is 4.88 Å². The van der Waals surface area contributed by atoms with E-state index in [4.69, 9.17) is 9.47 Å². The van der Waals surface area contributed by atoms with Gasteiger partial charge in [-0.05, 0) is 25.3 Å². The first-order valence-corrected chi connectivity index (χ1v) is 8.55. The molecule has 0 bridgehead atoms. The van der Waals surface area contributed by atoms with E-state index in [9.17, 15) is 9.59 Å². The van der Waals surface area contributed by atoms with Crippen molar-refractivity contribution in [3.63, 3.8) is 0 Å². The fourth-order valence-electron chi connectivity index (χ4n) is 2.39. The summed E-state index contributed by atoms with van der Waals surface area (Å²) in [5.74, 6) is -0.582. The molecule has 1 aliphatic rings. The molecule has 1 aliphatic heterocycles. The van der Waals surface area contributed by atoms with E-state index in [1.807, 2.05) is 36.3 Å². The van der Waals surface area contributed by atoms with Crippen molar-refractivity contribution < 1.29 is 19.1 Å². The summed E-state index contributed by atoms with van der Waals surface area (Å²) < 4.78 is 10.6. The molecule has 0 aromatic carbocycles. The van der Waals surface area contributed by atoms with Crippen LogP contribution in [0, 0.1) is 0 Å². The van der Waals surface area contributed by atoms with Gasteiger partial charge in [0.1, 0.15) is 5.54 Å². The molecule has 1 aromatic heterocycles. The second-order valence-electron chi connectivity index (χ2n) is 6.06. The highest BCUT2D eigenvalue weighted by molar-refractivity contribution is 7.09. The van der Waals surface area contributed by atoms with Crippen molar-refractivity contribution in [3.8, 4) is 0 Å². The molecule has 0 radical (unpaired) electrons. The second kappa shape index (κ2) is 7.90. The van der Waals surface area contributed by atoms with E-state index < -0.39 is 5.54 Å². The topological polar surface area (TPSA) is 59.1 Å². The largest absolute Gasteiger partial charge is 0.454 e. The molecule has 0 aliphatic carbocycles. The number of likely N-dealkylation sites (N-methyl/N-ethyl adjacent to an activating group) is 1. The number of esters is 1. The van der Waals surface area contributed by atoms with Crippen molar-refractivity contribution >= 4 is 23.2 Å². The Kier molecular flexibility index (Phi) is 6.15. The second-order valence-corrected chi connectivity index (χ2v) is 7.10. The Morgan fingerprint density at radius 2 is 2.09 bits per heavy atom. The summed E-state index contributed by atoms with van der Waals surface area (Å²) in [4.78, 5) is 29.1. The first-order chi connectivity index (χ1) is 10.9. The van der Waals surface area contributed by atoms with Crippen LogP contribution in [0.2, 0.25) is 0 Å². The van der Waals surface area contributed by atoms with Crippen molar-refractivity contribution in [3.05, 3.63) is 22.4 Å². The summed E-state index contributed by atoms with van der Waals surface area (Å²) >= 11 is 1.60. The summed E-state index contributed by atoms with van der Waals surface area (Å²) in [6.45, 7) is 6.54. The third-order valence-corrected chi connectivity index (χ3v) is 4.89. The van der Waals surface area contributed by atoms with E-state index in [2.05, 4.69) is 0 Å². The molecule has 128 valence electrons. The Hall–Kier alpha value is -1.44. The van der Waals surface area contributed by atoms with E-state index in [0.29, 0.717) is 32.8 Å². The van der Waals surface area contributed by atoms with Crippen molar-refractivity contribution in [1.82, 2.24) is 9.80 Å². The van der Waals surface area contributed by atoms with Gasteiger partial charge in [-0.25, -0.2) is 0 Å². The van der Waals surface area contributed by atoms with E-state index in [-0.39, 0.29) is 18.5 Å². The molecule has 23 heavy (non-hydrogen) atoms. The van der Waals surface area contributed by atoms with Gasteiger partial charge in [0.05, 0.1) is 19.8 Å². The van der Waals surface area contributed by atoms with Gasteiger partial charge in [-0.2, -0.15) is 0 Å². The molecular weight excluding hydrogens is 316 g/mol. The zero-order chi connectivity index (χ0) is 16.9. The zero-order valence-electron chi connectivity index (χ0n) is 13.9. The maximum absolute atomic E-state index is 12.3. The van der Waals surface area contributed by atoms with E-state index in [1.54, 1.807) is 23.3 Å². The Morgan fingerprint density at radius 3 is 2.70 bits per heavy atom. The number of hydrogen-bond acceptors (Lipinski definition) is 6. The molecule has 0 saturated carbocycles. The molecule has 2 heterocycles. The molecule has 2 rings (SSSR count). The van der Waals surface area contributed by atoms with Gasteiger partial charge in [-0.3, -0.25) is 14.5 Å². The highest BCUT2D eigenvalue weighted by Gasteiger charge is 2.37. The lowest BCUT2D eigenvalue weighted by atomic mass is 10.0. The summed E-state index contributed by atoms with van der Waals surface area (Å²) in [7, 11) is 1.71. The van der Waals surface area contributed by atoms with Gasteiger partial charge in [0, 0.05) is 25.0 Å². The Labute approximate surface area is 141 Å². The average Bonchev–Trinajstić information content (AvgIpc) is 3.05. The van der Waals surface area contributed by atoms with Crippen LogP contribution in [0.15, 0.2) is 17.5 Å². The average molecular weight is 340 g/mol. The van der Waals surface area contributed by atoms with Crippen LogP contribution >= 0.6 is 11.3 Å². The molecule has 1 amide bonds. The lowest BCUT2D eigenvalue weighted by Crippen LogP contribution is -2.55. The van der Waals surface area contributed by atoms with E-state index in [1.165, 1.54) is 0 Å². The monoisotopic (exact) mass is 340 g/mol. The predicted octanol–water partition coefficient (Wildman–Crippen LogP) is 1.36. The van der Waals surface area contributed by atoms with Crippen LogP contribution in [0.5, 0.6) is 0 Å². The number of nitrogens with zero attached hydrogens (tertiary/aromatic N) is 2. The molecule has 1 saturated heterocycles. The maximum atomic E-state index is 12.3. The molecule has 0 unspecified atom stereocenters. The number of thiophene rings is 1. The first kappa shape index (κ1) is 17.9. The van der Waals surface area contributed by atoms with Crippen LogP contribution in [0.1, 0.15) is 18.7 Å². The molecule has 0 atom stereocenters. The number of hydrogen-bond donors (Lipinski definition) is 0. The number of carbonyl (C=O) groups is 2. The van der Waals surface area contributed by atoms with Crippen molar-refractivity contribution in [2.24, 2.45) is 0 Å². The minimum absolute atomic E-state index is 0.204. The minimum Gasteiger partial charge on any atom is -0.454 e. The summed E-state index contributed by atoms with van der Waals surface area (Å²) in [6, 6.07) is 3.92. The fourth-order valence-corrected chi connectivity index (χ4v) is 3.15. The lowest BCUT2D eigenvalue weighted by molar-refractivity contribution is -0.163. The minimum atomic E-state index is -0.754. The number of rotatable bonds is 6. The van der Waals surface area contributed by atoms with Crippen molar-refractivity contribution in [2.45, 2.75) is 25.9 Å². The molecular formula is C16H24N2O4S. The molecule has 0 spiro atoms. The van der Waals surface area contributed by atoms with E-state index >= 15 is 0 Å². The number of amides is 1. The Balaban J connectivity index is 1.81. The normalized spacial score (nSPS) is 16.1. The standard InChI is InChI=1S/C16H24N2O4S/c1-16(2,18-6-8-21-9-7-18)15(20)22-12-14(19)17(3)11-13-5-4-10-23-13/h4-5,10H,6-9,11-12H2,1-3H3. The van der Waals surface area contributed by atoms with Crippen LogP contribution in [-0.2, 0) is 25.6 Å². The van der Waals surface area contributed by atoms with Crippen LogP contribution in [0.3, 0.4) is 0 Å². The molecule has 1 aromatic rings. The maximum Gasteiger partial charge on any atom is 0.326 e. The fraction of sp³-hybridized carbons (Fsp3) is 0.625. The number of ether oxygens (including phenoxy) is 2. The van der Waals surface area contributed by atoms with Crippen LogP contribution in [0.25, 0.3) is 0 Å². The van der Waals surface area contributed by atoms with Gasteiger partial charge < -0.3 is 14.4 Å². The van der Waals surface area contributed by atoms with Crippen molar-refractivity contribution in [1.29, 1.82) is 0 Å². The Morgan fingerprint density at radius 1 is 1.39 bits per heavy atom. The molecule has 6 nitrogen and oxygen atoms in total. The van der Waals surface area contributed by atoms with Crippen LogP contribution < -0.4 is 0 Å². The van der Waals surface area contributed by atoms with Crippen molar-refractivity contribution in [2.75, 3.05) is 40.0 Å². The SMILES string of the molecule is CN(Cc1cccs1)C(=O)COC(=O)C(C)(C)N1CCOCC1. The van der Waals surface area contributed by atoms with Gasteiger partial charge in [0.2, 0.25) is 0 Å². The highest BCUT2D eigenvalue weighted by atomic mass is 32.1. The summed E-state index contributed by atoms with van der Waals surface area (Å²) in [6.07, 6.45) is 0. The van der Waals surface area contributed by atoms with Crippen LogP contribution in [0.4, 0.5) is 0 Å². The molecule has 1 fully saturated rings. The predicted molar refractivity (Wildman–Crippen MR) is 88.2 cm³/mol. The third kappa shape index (κ3) is 4.76. The lowest BCUT2D eigenvalue weighted by Gasteiger charge is -2.38. The quantitative estimate of drug-likeness (QED) is 0.732. The van der Waals surface area contributed by atoms with Gasteiger partial charge >= 0.3 is 5.97 Å². The zero-order valence-corrected chi connectivity index (χ0v) is 14.7.